The van der Waals surface area contributed by atoms with Crippen LogP contribution in [-0.4, -0.2) is 29.7 Å². The van der Waals surface area contributed by atoms with Crippen LogP contribution < -0.4 is 11.1 Å². The number of aryl methyl sites for hydroxylation is 1. The van der Waals surface area contributed by atoms with Gasteiger partial charge in [-0.05, 0) is 50.1 Å². The highest BCUT2D eigenvalue weighted by atomic mass is 32.2. The zero-order valence-corrected chi connectivity index (χ0v) is 14.9. The fraction of sp³-hybridized carbons (Fsp3) is 0.316. The van der Waals surface area contributed by atoms with Gasteiger partial charge in [0.05, 0.1) is 18.5 Å². The molecule has 0 saturated carbocycles. The Hall–Kier alpha value is -1.98. The predicted molar refractivity (Wildman–Crippen MR) is 105 cm³/mol. The highest BCUT2D eigenvalue weighted by Gasteiger charge is 2.25. The van der Waals surface area contributed by atoms with Crippen LogP contribution in [0.3, 0.4) is 0 Å². The Bertz CT molecular complexity index is 699. The highest BCUT2D eigenvalue weighted by Crippen LogP contribution is 2.21. The molecule has 1 fully saturated rings. The molecule has 2 aromatic carbocycles. The predicted octanol–water partition coefficient (Wildman–Crippen LogP) is 3.24. The fourth-order valence-corrected chi connectivity index (χ4v) is 4.09. The van der Waals surface area contributed by atoms with Crippen molar-refractivity contribution in [2.75, 3.05) is 24.1 Å². The molecule has 1 saturated heterocycles. The van der Waals surface area contributed by atoms with Crippen molar-refractivity contribution >= 4 is 29.5 Å². The molecule has 1 aliphatic rings. The van der Waals surface area contributed by atoms with Crippen LogP contribution in [0.5, 0.6) is 0 Å². The molecule has 1 aliphatic heterocycles. The van der Waals surface area contributed by atoms with Crippen LogP contribution in [0, 0.1) is 12.3 Å². The Morgan fingerprint density at radius 3 is 2.79 bits per heavy atom. The van der Waals surface area contributed by atoms with E-state index in [4.69, 9.17) is 11.1 Å². The van der Waals surface area contributed by atoms with Crippen molar-refractivity contribution in [3.63, 3.8) is 0 Å². The Balaban J connectivity index is 1.61. The number of thiol groups is 1. The van der Waals surface area contributed by atoms with Crippen LogP contribution in [0.4, 0.5) is 11.4 Å². The number of benzene rings is 2. The van der Waals surface area contributed by atoms with E-state index < -0.39 is 0 Å². The van der Waals surface area contributed by atoms with Crippen molar-refractivity contribution in [3.05, 3.63) is 53.6 Å². The number of piperidine rings is 1. The summed E-state index contributed by atoms with van der Waals surface area (Å²) in [5.74, 6) is 0. The van der Waals surface area contributed by atoms with Gasteiger partial charge in [-0.1, -0.05) is 17.7 Å². The summed E-state index contributed by atoms with van der Waals surface area (Å²) in [6.07, 6.45) is 3.68. The Morgan fingerprint density at radius 2 is 2.04 bits per heavy atom. The monoisotopic (exact) mass is 341 g/mol. The third kappa shape index (κ3) is 4.30. The van der Waals surface area contributed by atoms with Crippen LogP contribution in [0.15, 0.2) is 47.4 Å². The van der Waals surface area contributed by atoms with Gasteiger partial charge in [0, 0.05) is 35.7 Å². The Kier molecular flexibility index (Phi) is 5.43. The topological polar surface area (TPSA) is 65.1 Å². The normalized spacial score (nSPS) is 18.3. The molecule has 1 atom stereocenters. The minimum Gasteiger partial charge on any atom is -0.398 e. The van der Waals surface area contributed by atoms with E-state index in [1.807, 2.05) is 18.2 Å². The van der Waals surface area contributed by atoms with E-state index >= 15 is 0 Å². The van der Waals surface area contributed by atoms with Gasteiger partial charge >= 0.3 is 0 Å². The summed E-state index contributed by atoms with van der Waals surface area (Å²) < 4.78 is 2.49. The van der Waals surface area contributed by atoms with E-state index in [0.29, 0.717) is 11.7 Å². The van der Waals surface area contributed by atoms with Gasteiger partial charge in [-0.2, -0.15) is 0 Å². The summed E-state index contributed by atoms with van der Waals surface area (Å²) >= 11 is 1.28. The van der Waals surface area contributed by atoms with Crippen molar-refractivity contribution in [2.45, 2.75) is 30.7 Å². The lowest BCUT2D eigenvalue weighted by Crippen LogP contribution is -2.41. The molecular weight excluding hydrogens is 316 g/mol. The molecule has 0 bridgehead atoms. The summed E-state index contributed by atoms with van der Waals surface area (Å²) in [4.78, 5) is 1.35. The third-order valence-electron chi connectivity index (χ3n) is 4.30. The molecule has 1 heterocycles. The van der Waals surface area contributed by atoms with Gasteiger partial charge in [0.25, 0.3) is 0 Å². The molecule has 0 aliphatic carbocycles. The van der Waals surface area contributed by atoms with Gasteiger partial charge < -0.3 is 16.5 Å². The Labute approximate surface area is 148 Å². The smallest absolute Gasteiger partial charge is 0.173 e. The van der Waals surface area contributed by atoms with Crippen molar-refractivity contribution in [1.82, 2.24) is 4.31 Å². The summed E-state index contributed by atoms with van der Waals surface area (Å²) in [7, 11) is 0. The van der Waals surface area contributed by atoms with Crippen molar-refractivity contribution in [2.24, 2.45) is 0 Å². The average molecular weight is 342 g/mol. The number of hydrogen-bond acceptors (Lipinski definition) is 4. The molecule has 3 rings (SSSR count). The van der Waals surface area contributed by atoms with Gasteiger partial charge in [-0.3, -0.25) is 0 Å². The molecular formula is C19H25N4S+. The van der Waals surface area contributed by atoms with Gasteiger partial charge in [0.1, 0.15) is 0 Å². The first-order valence-electron chi connectivity index (χ1n) is 8.34. The van der Waals surface area contributed by atoms with E-state index in [0.717, 1.165) is 24.3 Å². The zero-order valence-electron chi connectivity index (χ0n) is 14.0. The molecule has 4 nitrogen and oxygen atoms in total. The molecule has 126 valence electrons. The van der Waals surface area contributed by atoms with E-state index in [9.17, 15) is 0 Å². The largest absolute Gasteiger partial charge is 0.398 e. The average Bonchev–Trinajstić information content (AvgIpc) is 2.59. The van der Waals surface area contributed by atoms with E-state index in [2.05, 4.69) is 40.8 Å². The number of rotatable bonds is 5. The first-order chi connectivity index (χ1) is 11.6. The Morgan fingerprint density at radius 1 is 1.25 bits per heavy atom. The van der Waals surface area contributed by atoms with Crippen LogP contribution in [0.25, 0.3) is 0 Å². The molecule has 2 aromatic rings. The lowest BCUT2D eigenvalue weighted by atomic mass is 10.1. The minimum atomic E-state index is 0.430. The quantitative estimate of drug-likeness (QED) is 0.338. The van der Waals surface area contributed by atoms with E-state index in [-0.39, 0.29) is 0 Å². The van der Waals surface area contributed by atoms with E-state index in [1.165, 1.54) is 41.5 Å². The lowest BCUT2D eigenvalue weighted by Gasteiger charge is -2.28. The maximum absolute atomic E-state index is 7.43. The van der Waals surface area contributed by atoms with E-state index in [1.54, 1.807) is 0 Å². The zero-order chi connectivity index (χ0) is 16.9. The van der Waals surface area contributed by atoms with Crippen LogP contribution in [-0.2, 0) is 11.9 Å². The molecule has 0 radical (unpaired) electrons. The van der Waals surface area contributed by atoms with Crippen LogP contribution in [0.2, 0.25) is 0 Å². The maximum Gasteiger partial charge on any atom is 0.173 e. The fourth-order valence-electron chi connectivity index (χ4n) is 2.97. The first-order valence-corrected chi connectivity index (χ1v) is 9.18. The van der Waals surface area contributed by atoms with Gasteiger partial charge in [-0.25, -0.2) is 0 Å². The molecule has 0 amide bonds. The third-order valence-corrected chi connectivity index (χ3v) is 5.48. The number of nitrogens with zero attached hydrogens (tertiary/aromatic N) is 1. The van der Waals surface area contributed by atoms with Gasteiger partial charge in [0.2, 0.25) is 0 Å². The lowest BCUT2D eigenvalue weighted by molar-refractivity contribution is 0.354. The molecule has 4 N–H and O–H groups in total. The van der Waals surface area contributed by atoms with Gasteiger partial charge in [-0.15, -0.1) is 4.31 Å². The van der Waals surface area contributed by atoms with Crippen molar-refractivity contribution in [1.29, 1.82) is 5.41 Å². The second-order valence-electron chi connectivity index (χ2n) is 6.32. The van der Waals surface area contributed by atoms with Gasteiger partial charge in [0.15, 0.2) is 4.90 Å². The van der Waals surface area contributed by atoms with Crippen LogP contribution >= 0.6 is 0 Å². The molecule has 1 unspecified atom stereocenters. The standard InChI is InChI=1S/C19H24N4S/c1-14-4-7-18(8-5-14)24-23-10-2-3-17(13-23)22-16-6-9-19(21)15(11-16)12-20/h4-9,11-12,17,20,22H,2-3,10,13,21H2,1H3/p+1. The number of nitrogens with one attached hydrogen (secondary N) is 2. The van der Waals surface area contributed by atoms with Crippen molar-refractivity contribution < 1.29 is 0 Å². The summed E-state index contributed by atoms with van der Waals surface area (Å²) in [5, 5.41) is 11.0. The summed E-state index contributed by atoms with van der Waals surface area (Å²) in [5.41, 5.74) is 9.63. The molecule has 5 heteroatoms. The molecule has 24 heavy (non-hydrogen) atoms. The van der Waals surface area contributed by atoms with Crippen LogP contribution in [0.1, 0.15) is 24.0 Å². The molecule has 0 spiro atoms. The second-order valence-corrected chi connectivity index (χ2v) is 7.60. The summed E-state index contributed by atoms with van der Waals surface area (Å²) in [6.45, 7) is 4.29. The number of anilines is 2. The number of nitrogens with two attached hydrogens (primary N) is 1. The number of hydrogen-bond donors (Lipinski definition) is 3. The summed E-state index contributed by atoms with van der Waals surface area (Å²) in [6, 6.07) is 15.0. The maximum atomic E-state index is 7.43. The second kappa shape index (κ2) is 7.73. The number of nitrogen functional groups attached to an aromatic ring is 1. The van der Waals surface area contributed by atoms with Crippen molar-refractivity contribution in [3.8, 4) is 0 Å². The highest BCUT2D eigenvalue weighted by molar-refractivity contribution is 7.76. The molecule has 0 aromatic heterocycles. The first kappa shape index (κ1) is 16.9. The minimum absolute atomic E-state index is 0.430. The SMILES string of the molecule is Cc1ccc([SH+]N2CCCC(Nc3ccc(N)c(C=N)c3)C2)cc1.